The molecule has 2 aromatic carbocycles. The summed E-state index contributed by atoms with van der Waals surface area (Å²) in [5.74, 6) is 7.31. The Kier molecular flexibility index (Phi) is 3.86. The minimum absolute atomic E-state index is 1.07. The molecule has 0 N–H and O–H groups in total. The van der Waals surface area contributed by atoms with E-state index in [9.17, 15) is 0 Å². The average molecular weight is 350 g/mol. The summed E-state index contributed by atoms with van der Waals surface area (Å²) < 4.78 is 1.54. The van der Waals surface area contributed by atoms with Gasteiger partial charge in [-0.2, -0.15) is 0 Å². The second-order valence-electron chi connectivity index (χ2n) is 7.20. The van der Waals surface area contributed by atoms with Gasteiger partial charge in [0.25, 0.3) is 0 Å². The molecule has 3 aromatic rings. The zero-order chi connectivity index (χ0) is 15.9. The first kappa shape index (κ1) is 15.3. The van der Waals surface area contributed by atoms with Crippen LogP contribution in [0.15, 0.2) is 48.5 Å². The molecule has 1 aromatic heterocycles. The van der Waals surface area contributed by atoms with E-state index in [0.717, 1.165) is 11.2 Å². The molecule has 0 bridgehead atoms. The number of hydrogen-bond donors (Lipinski definition) is 0. The molecule has 0 aliphatic carbocycles. The number of pyridine rings is 1. The van der Waals surface area contributed by atoms with Crippen molar-refractivity contribution in [3.8, 4) is 11.3 Å². The van der Waals surface area contributed by atoms with E-state index in [1.165, 1.54) is 26.5 Å². The molecule has 0 saturated carbocycles. The normalized spacial score (nSPS) is 11.9. The standard InChI is InChI=1S/C20H23GeN/c1-14-11-15(2)13-16(12-14)19-10-9-17-18(21(3,4)5)7-6-8-20(17)22-19/h6-13H,1-5H3. The second-order valence-corrected chi connectivity index (χ2v) is 17.8. The molecule has 0 unspecified atom stereocenters. The third kappa shape index (κ3) is 2.95. The van der Waals surface area contributed by atoms with Crippen LogP contribution in [0.2, 0.25) is 17.3 Å². The third-order valence-electron chi connectivity index (χ3n) is 4.06. The van der Waals surface area contributed by atoms with E-state index in [4.69, 9.17) is 4.98 Å². The number of rotatable bonds is 2. The van der Waals surface area contributed by atoms with E-state index in [-0.39, 0.29) is 0 Å². The van der Waals surface area contributed by atoms with Gasteiger partial charge < -0.3 is 0 Å². The molecular formula is C20H23GeN. The maximum absolute atomic E-state index is 4.93. The Balaban J connectivity index is 2.19. The molecular weight excluding hydrogens is 327 g/mol. The van der Waals surface area contributed by atoms with Gasteiger partial charge in [0.1, 0.15) is 0 Å². The second kappa shape index (κ2) is 5.55. The van der Waals surface area contributed by atoms with Crippen LogP contribution in [-0.2, 0) is 0 Å². The van der Waals surface area contributed by atoms with E-state index >= 15 is 0 Å². The van der Waals surface area contributed by atoms with Gasteiger partial charge in [-0.1, -0.05) is 0 Å². The Bertz CT molecular complexity index is 824. The molecule has 22 heavy (non-hydrogen) atoms. The molecule has 0 spiro atoms. The summed E-state index contributed by atoms with van der Waals surface area (Å²) in [6.45, 7) is 4.28. The summed E-state index contributed by atoms with van der Waals surface area (Å²) in [5.41, 5.74) is 5.97. The van der Waals surface area contributed by atoms with Crippen LogP contribution in [0.3, 0.4) is 0 Å². The number of fused-ring (bicyclic) bond motifs is 1. The Hall–Kier alpha value is -1.61. The fraction of sp³-hybridized carbons (Fsp3) is 0.250. The van der Waals surface area contributed by atoms with Crippen LogP contribution in [0.25, 0.3) is 22.2 Å². The van der Waals surface area contributed by atoms with Crippen molar-refractivity contribution in [1.82, 2.24) is 4.98 Å². The first-order valence-corrected chi connectivity index (χ1v) is 15.2. The topological polar surface area (TPSA) is 12.9 Å². The Morgan fingerprint density at radius 2 is 1.50 bits per heavy atom. The number of nitrogens with zero attached hydrogens (tertiary/aromatic N) is 1. The molecule has 0 fully saturated rings. The fourth-order valence-electron chi connectivity index (χ4n) is 3.09. The summed E-state index contributed by atoms with van der Waals surface area (Å²) in [4.78, 5) is 4.93. The predicted octanol–water partition coefficient (Wildman–Crippen LogP) is 5.06. The van der Waals surface area contributed by atoms with Gasteiger partial charge in [0, 0.05) is 0 Å². The van der Waals surface area contributed by atoms with Crippen molar-refractivity contribution in [3.63, 3.8) is 0 Å². The molecule has 3 rings (SSSR count). The van der Waals surface area contributed by atoms with Gasteiger partial charge >= 0.3 is 136 Å². The van der Waals surface area contributed by atoms with Crippen molar-refractivity contribution in [3.05, 3.63) is 59.7 Å². The van der Waals surface area contributed by atoms with E-state index in [1.807, 2.05) is 0 Å². The van der Waals surface area contributed by atoms with E-state index in [1.54, 1.807) is 0 Å². The average Bonchev–Trinajstić information content (AvgIpc) is 2.44. The number of aryl methyl sites for hydroxylation is 2. The predicted molar refractivity (Wildman–Crippen MR) is 99.6 cm³/mol. The van der Waals surface area contributed by atoms with Crippen LogP contribution in [-0.4, -0.2) is 18.3 Å². The summed E-state index contributed by atoms with van der Waals surface area (Å²) in [5, 5.41) is 1.34. The molecule has 1 nitrogen and oxygen atoms in total. The summed E-state index contributed by atoms with van der Waals surface area (Å²) >= 11 is -1.87. The van der Waals surface area contributed by atoms with Crippen LogP contribution < -0.4 is 4.40 Å². The fourth-order valence-corrected chi connectivity index (χ4v) is 6.48. The molecule has 0 aliphatic heterocycles. The van der Waals surface area contributed by atoms with Gasteiger partial charge in [-0.15, -0.1) is 0 Å². The van der Waals surface area contributed by atoms with E-state index in [2.05, 4.69) is 79.6 Å². The number of benzene rings is 2. The zero-order valence-electron chi connectivity index (χ0n) is 14.1. The van der Waals surface area contributed by atoms with E-state index in [0.29, 0.717) is 0 Å². The van der Waals surface area contributed by atoms with Gasteiger partial charge in [-0.3, -0.25) is 0 Å². The van der Waals surface area contributed by atoms with Crippen LogP contribution in [0.1, 0.15) is 11.1 Å². The van der Waals surface area contributed by atoms with Crippen molar-refractivity contribution < 1.29 is 0 Å². The Morgan fingerprint density at radius 1 is 0.818 bits per heavy atom. The van der Waals surface area contributed by atoms with Gasteiger partial charge in [0.15, 0.2) is 0 Å². The summed E-state index contributed by atoms with van der Waals surface area (Å²) in [7, 11) is 0. The van der Waals surface area contributed by atoms with Crippen molar-refractivity contribution >= 4 is 28.6 Å². The molecule has 112 valence electrons. The summed E-state index contributed by atoms with van der Waals surface area (Å²) in [6.07, 6.45) is 0. The van der Waals surface area contributed by atoms with Crippen LogP contribution in [0.5, 0.6) is 0 Å². The van der Waals surface area contributed by atoms with Gasteiger partial charge in [-0.05, 0) is 0 Å². The molecule has 2 heteroatoms. The van der Waals surface area contributed by atoms with Crippen LogP contribution >= 0.6 is 0 Å². The van der Waals surface area contributed by atoms with Crippen molar-refractivity contribution in [2.24, 2.45) is 0 Å². The minimum atomic E-state index is -1.87. The molecule has 0 aliphatic rings. The third-order valence-corrected chi connectivity index (χ3v) is 8.36. The number of hydrogen-bond acceptors (Lipinski definition) is 1. The molecule has 0 amide bonds. The van der Waals surface area contributed by atoms with Gasteiger partial charge in [-0.25, -0.2) is 0 Å². The van der Waals surface area contributed by atoms with E-state index < -0.39 is 13.3 Å². The van der Waals surface area contributed by atoms with Gasteiger partial charge in [0.2, 0.25) is 0 Å². The molecule has 0 saturated heterocycles. The van der Waals surface area contributed by atoms with Crippen molar-refractivity contribution in [2.75, 3.05) is 0 Å². The maximum atomic E-state index is 4.93. The quantitative estimate of drug-likeness (QED) is 0.589. The molecule has 0 radical (unpaired) electrons. The monoisotopic (exact) mass is 351 g/mol. The molecule has 0 atom stereocenters. The SMILES string of the molecule is Cc1cc(C)cc(-c2ccc3[c]([Ge]([CH3])([CH3])[CH3])cccc3n2)c1. The Labute approximate surface area is 135 Å². The van der Waals surface area contributed by atoms with Crippen LogP contribution in [0, 0.1) is 13.8 Å². The van der Waals surface area contributed by atoms with Crippen molar-refractivity contribution in [1.29, 1.82) is 0 Å². The van der Waals surface area contributed by atoms with Crippen molar-refractivity contribution in [2.45, 2.75) is 31.1 Å². The summed E-state index contributed by atoms with van der Waals surface area (Å²) in [6, 6.07) is 17.7. The first-order valence-electron chi connectivity index (χ1n) is 7.83. The van der Waals surface area contributed by atoms with Gasteiger partial charge in [0.05, 0.1) is 0 Å². The zero-order valence-corrected chi connectivity index (χ0v) is 16.2. The first-order chi connectivity index (χ1) is 10.3. The molecule has 1 heterocycles. The number of aromatic nitrogens is 1. The Morgan fingerprint density at radius 3 is 2.14 bits per heavy atom. The van der Waals surface area contributed by atoms with Crippen LogP contribution in [0.4, 0.5) is 0 Å².